The molecule has 0 aromatic carbocycles. The summed E-state index contributed by atoms with van der Waals surface area (Å²) in [4.78, 5) is 13.4. The molecule has 0 bridgehead atoms. The van der Waals surface area contributed by atoms with Gasteiger partial charge in [-0.2, -0.15) is 0 Å². The number of nitrogens with one attached hydrogen (secondary N) is 1. The lowest BCUT2D eigenvalue weighted by molar-refractivity contribution is -0.379. The van der Waals surface area contributed by atoms with E-state index in [2.05, 4.69) is 92.1 Å². The molecule has 0 aliphatic carbocycles. The Hall–Kier alpha value is -3.03. The summed E-state index contributed by atoms with van der Waals surface area (Å²) in [6.45, 7) is 1.62. The summed E-state index contributed by atoms with van der Waals surface area (Å²) in [5.74, 6) is -0.290. The number of rotatable bonds is 57. The van der Waals surface area contributed by atoms with Crippen LogP contribution in [0.4, 0.5) is 0 Å². The molecule has 0 radical (unpaired) electrons. The second-order valence-corrected chi connectivity index (χ2v) is 26.4. The number of ether oxygens (including phenoxy) is 6. The van der Waals surface area contributed by atoms with Crippen LogP contribution in [-0.4, -0.2) is 193 Å². The van der Waals surface area contributed by atoms with Crippen molar-refractivity contribution in [3.05, 3.63) is 85.1 Å². The van der Waals surface area contributed by atoms with E-state index in [1.54, 1.807) is 6.08 Å². The third-order valence-electron chi connectivity index (χ3n) is 18.2. The highest BCUT2D eigenvalue weighted by Crippen LogP contribution is 2.33. The molecule has 3 fully saturated rings. The Morgan fingerprint density at radius 3 is 1.18 bits per heavy atom. The van der Waals surface area contributed by atoms with Gasteiger partial charge in [0.05, 0.1) is 38.6 Å². The fourth-order valence-corrected chi connectivity index (χ4v) is 12.2. The smallest absolute Gasteiger partial charge is 0.220 e. The average Bonchev–Trinajstić information content (AvgIpc) is 0.787. The lowest BCUT2D eigenvalue weighted by Gasteiger charge is -2.48. The van der Waals surface area contributed by atoms with Gasteiger partial charge in [0.2, 0.25) is 5.91 Å². The van der Waals surface area contributed by atoms with Crippen molar-refractivity contribution in [1.29, 1.82) is 0 Å². The monoisotopic (exact) mass is 1350 g/mol. The highest BCUT2D eigenvalue weighted by Gasteiger charge is 2.53. The summed E-state index contributed by atoms with van der Waals surface area (Å²) in [5, 5.41) is 121. The van der Waals surface area contributed by atoms with Gasteiger partial charge in [-0.25, -0.2) is 0 Å². The molecule has 3 heterocycles. The summed E-state index contributed by atoms with van der Waals surface area (Å²) in [6.07, 6.45) is 47.0. The van der Waals surface area contributed by atoms with Crippen molar-refractivity contribution < 1.29 is 89.4 Å². The molecule has 0 aromatic heterocycles. The van der Waals surface area contributed by atoms with Gasteiger partial charge in [-0.05, 0) is 77.0 Å². The fourth-order valence-electron chi connectivity index (χ4n) is 12.2. The van der Waals surface area contributed by atoms with Gasteiger partial charge >= 0.3 is 0 Å². The van der Waals surface area contributed by atoms with Crippen LogP contribution in [0.15, 0.2) is 85.1 Å². The Morgan fingerprint density at radius 1 is 0.389 bits per heavy atom. The van der Waals surface area contributed by atoms with Crippen LogP contribution >= 0.6 is 0 Å². The van der Waals surface area contributed by atoms with E-state index in [4.69, 9.17) is 28.4 Å². The molecule has 0 saturated carbocycles. The van der Waals surface area contributed by atoms with Crippen LogP contribution in [0.1, 0.15) is 258 Å². The SMILES string of the molecule is CC/C=C\C/C=C\C/C=C\C/C=C\C/C=C\CCCCCCCCCCCCCC(=O)NC(COC1OC(CO)C(OC2OC(CO)C(OC3OC(CO)C(O)C(O)C3O)C(O)C2O)C(O)C1O)C(O)/C=C/CC/C=C/CCCCCCCCCCCCCCCCCCC. The molecule has 17 unspecified atom stereocenters. The van der Waals surface area contributed by atoms with E-state index in [0.29, 0.717) is 12.8 Å². The Balaban J connectivity index is 1.42. The van der Waals surface area contributed by atoms with Gasteiger partial charge in [-0.1, -0.05) is 259 Å². The van der Waals surface area contributed by atoms with Crippen LogP contribution in [0.3, 0.4) is 0 Å². The van der Waals surface area contributed by atoms with Crippen molar-refractivity contribution in [2.75, 3.05) is 26.4 Å². The lowest BCUT2D eigenvalue weighted by atomic mass is 9.96. The topological polar surface area (TPSA) is 307 Å². The summed E-state index contributed by atoms with van der Waals surface area (Å²) >= 11 is 0. The summed E-state index contributed by atoms with van der Waals surface area (Å²) in [6, 6.07) is -0.998. The molecule has 0 aromatic rings. The second-order valence-electron chi connectivity index (χ2n) is 26.4. The molecule has 95 heavy (non-hydrogen) atoms. The largest absolute Gasteiger partial charge is 0.394 e. The number of carbonyl (C=O) groups is 1. The van der Waals surface area contributed by atoms with Crippen LogP contribution < -0.4 is 5.32 Å². The zero-order chi connectivity index (χ0) is 68.9. The van der Waals surface area contributed by atoms with Crippen LogP contribution in [0.5, 0.6) is 0 Å². The van der Waals surface area contributed by atoms with Crippen molar-refractivity contribution in [2.24, 2.45) is 0 Å². The minimum Gasteiger partial charge on any atom is -0.394 e. The minimum absolute atomic E-state index is 0.227. The van der Waals surface area contributed by atoms with Gasteiger partial charge in [0.1, 0.15) is 73.2 Å². The van der Waals surface area contributed by atoms with Crippen LogP contribution in [0.25, 0.3) is 0 Å². The number of unbranched alkanes of at least 4 members (excludes halogenated alkanes) is 29. The number of hydrogen-bond acceptors (Lipinski definition) is 18. The highest BCUT2D eigenvalue weighted by atomic mass is 16.8. The summed E-state index contributed by atoms with van der Waals surface area (Å²) in [7, 11) is 0. The van der Waals surface area contributed by atoms with Gasteiger partial charge in [0, 0.05) is 6.42 Å². The number of carbonyl (C=O) groups excluding carboxylic acids is 1. The van der Waals surface area contributed by atoms with Crippen molar-refractivity contribution >= 4 is 5.91 Å². The van der Waals surface area contributed by atoms with Crippen molar-refractivity contribution in [2.45, 2.75) is 362 Å². The van der Waals surface area contributed by atoms with Gasteiger partial charge < -0.3 is 89.9 Å². The number of aliphatic hydroxyl groups excluding tert-OH is 11. The predicted molar refractivity (Wildman–Crippen MR) is 374 cm³/mol. The standard InChI is InChI=1S/C76H133NO18/c1-3-5-7-9-11-13-15-17-19-21-23-25-27-28-29-30-32-34-36-38-40-42-44-46-48-50-52-54-64(82)77-59(60(81)53-51-49-47-45-43-41-39-37-35-33-31-26-24-22-20-18-16-14-12-10-8-6-4-2)58-90-74-70(88)67(85)72(62(56-79)92-74)95-76-71(89)68(86)73(63(57-80)93-76)94-75-69(87)66(84)65(83)61(55-78)91-75/h5,7,11,13,17,19,23,25,28-29,43,45,51,53,59-63,65-76,78-81,83-89H,3-4,6,8-10,12,14-16,18,20-22,24,26-27,30-42,44,46-50,52,54-58H2,1-2H3,(H,77,82)/b7-5-,13-11-,19-17-,25-23-,29-28-,45-43+,53-51+. The number of aliphatic hydroxyl groups is 11. The zero-order valence-corrected chi connectivity index (χ0v) is 58.4. The molecule has 3 aliphatic heterocycles. The lowest BCUT2D eigenvalue weighted by Crippen LogP contribution is -2.66. The Bertz CT molecular complexity index is 2050. The van der Waals surface area contributed by atoms with Crippen molar-refractivity contribution in [3.8, 4) is 0 Å². The highest BCUT2D eigenvalue weighted by molar-refractivity contribution is 5.76. The Labute approximate surface area is 571 Å². The molecular weight excluding hydrogens is 1210 g/mol. The van der Waals surface area contributed by atoms with Gasteiger partial charge in [-0.3, -0.25) is 4.79 Å². The first-order valence-electron chi connectivity index (χ1n) is 37.3. The van der Waals surface area contributed by atoms with E-state index in [1.807, 2.05) is 6.08 Å². The molecule has 19 heteroatoms. The maximum atomic E-state index is 13.4. The maximum Gasteiger partial charge on any atom is 0.220 e. The van der Waals surface area contributed by atoms with Gasteiger partial charge in [0.15, 0.2) is 18.9 Å². The average molecular weight is 1350 g/mol. The third-order valence-corrected chi connectivity index (χ3v) is 18.2. The molecule has 3 rings (SSSR count). The van der Waals surface area contributed by atoms with E-state index in [-0.39, 0.29) is 18.9 Å². The quantitative estimate of drug-likeness (QED) is 0.0199. The van der Waals surface area contributed by atoms with Crippen LogP contribution in [0.2, 0.25) is 0 Å². The van der Waals surface area contributed by atoms with E-state index >= 15 is 0 Å². The number of amides is 1. The normalized spacial score (nSPS) is 27.7. The first kappa shape index (κ1) is 86.2. The predicted octanol–water partition coefficient (Wildman–Crippen LogP) is 11.1. The molecule has 550 valence electrons. The first-order chi connectivity index (χ1) is 46.3. The molecule has 0 spiro atoms. The minimum atomic E-state index is -1.98. The molecule has 19 nitrogen and oxygen atoms in total. The van der Waals surface area contributed by atoms with Crippen molar-refractivity contribution in [1.82, 2.24) is 5.32 Å². The van der Waals surface area contributed by atoms with Crippen LogP contribution in [0, 0.1) is 0 Å². The molecule has 17 atom stereocenters. The van der Waals surface area contributed by atoms with E-state index in [1.165, 1.54) is 141 Å². The summed E-state index contributed by atoms with van der Waals surface area (Å²) in [5.41, 5.74) is 0. The van der Waals surface area contributed by atoms with Crippen molar-refractivity contribution in [3.63, 3.8) is 0 Å². The second kappa shape index (κ2) is 56.7. The van der Waals surface area contributed by atoms with Crippen LogP contribution in [-0.2, 0) is 33.2 Å². The Kier molecular flexibility index (Phi) is 51.4. The maximum absolute atomic E-state index is 13.4. The molecule has 3 aliphatic rings. The molecule has 1 amide bonds. The molecular formula is C76H133NO18. The van der Waals surface area contributed by atoms with Gasteiger partial charge in [-0.15, -0.1) is 0 Å². The molecule has 12 N–H and O–H groups in total. The van der Waals surface area contributed by atoms with Gasteiger partial charge in [0.25, 0.3) is 0 Å². The van der Waals surface area contributed by atoms with E-state index < -0.39 is 124 Å². The number of allylic oxidation sites excluding steroid dienone is 13. The van der Waals surface area contributed by atoms with E-state index in [0.717, 1.165) is 83.5 Å². The Morgan fingerprint density at radius 2 is 0.737 bits per heavy atom. The number of hydrogen-bond donors (Lipinski definition) is 12. The van der Waals surface area contributed by atoms with E-state index in [9.17, 15) is 61.0 Å². The molecule has 3 saturated heterocycles. The zero-order valence-electron chi connectivity index (χ0n) is 58.4. The summed E-state index contributed by atoms with van der Waals surface area (Å²) < 4.78 is 34.4. The fraction of sp³-hybridized carbons (Fsp3) is 0.803. The first-order valence-corrected chi connectivity index (χ1v) is 37.3. The third kappa shape index (κ3) is 37.8.